The van der Waals surface area contributed by atoms with Gasteiger partial charge in [-0.25, -0.2) is 0 Å². The van der Waals surface area contributed by atoms with E-state index in [9.17, 15) is 0 Å². The van der Waals surface area contributed by atoms with E-state index in [1.165, 1.54) is 0 Å². The van der Waals surface area contributed by atoms with Gasteiger partial charge in [-0.3, -0.25) is 10.2 Å². The maximum absolute atomic E-state index is 5.86. The molecule has 0 aliphatic rings. The molecular weight excluding hydrogens is 266 g/mol. The van der Waals surface area contributed by atoms with E-state index in [2.05, 4.69) is 49.5 Å². The molecule has 0 saturated carbocycles. The van der Waals surface area contributed by atoms with Gasteiger partial charge in [0.15, 0.2) is 11.5 Å². The Morgan fingerprint density at radius 1 is 1.26 bits per heavy atom. The number of hydrogen-bond donors (Lipinski definition) is 3. The molecule has 3 aromatic rings. The highest BCUT2D eigenvalue weighted by Gasteiger charge is 2.11. The molecule has 98 valence electrons. The van der Waals surface area contributed by atoms with E-state index in [0.717, 1.165) is 11.1 Å². The molecule has 3 aromatic heterocycles. The van der Waals surface area contributed by atoms with E-state index in [1.54, 1.807) is 6.20 Å². The molecule has 0 fully saturated rings. The van der Waals surface area contributed by atoms with Crippen molar-refractivity contribution in [1.82, 2.24) is 30.4 Å². The highest BCUT2D eigenvalue weighted by molar-refractivity contribution is 6.28. The van der Waals surface area contributed by atoms with Crippen LogP contribution < -0.4 is 5.32 Å². The molecule has 19 heavy (non-hydrogen) atoms. The number of hydrogen-bond acceptors (Lipinski definition) is 5. The highest BCUT2D eigenvalue weighted by atomic mass is 35.5. The van der Waals surface area contributed by atoms with E-state index in [0.29, 0.717) is 23.2 Å². The largest absolute Gasteiger partial charge is 0.323 e. The lowest BCUT2D eigenvalue weighted by molar-refractivity contribution is 0.811. The molecule has 0 bridgehead atoms. The van der Waals surface area contributed by atoms with Gasteiger partial charge in [-0.15, -0.1) is 0 Å². The second-order valence-electron chi connectivity index (χ2n) is 4.46. The average molecular weight is 278 g/mol. The van der Waals surface area contributed by atoms with Crippen LogP contribution in [-0.4, -0.2) is 30.4 Å². The zero-order valence-electron chi connectivity index (χ0n) is 10.4. The first-order valence-electron chi connectivity index (χ1n) is 5.82. The normalized spacial score (nSPS) is 11.4. The summed E-state index contributed by atoms with van der Waals surface area (Å²) >= 11 is 5.86. The van der Waals surface area contributed by atoms with Crippen LogP contribution in [0.3, 0.4) is 0 Å². The maximum Gasteiger partial charge on any atom is 0.226 e. The zero-order chi connectivity index (χ0) is 13.4. The number of nitrogens with one attached hydrogen (secondary N) is 3. The summed E-state index contributed by atoms with van der Waals surface area (Å²) in [6.07, 6.45) is 1.64. The first-order valence-corrected chi connectivity index (χ1v) is 6.20. The van der Waals surface area contributed by atoms with E-state index in [4.69, 9.17) is 11.6 Å². The summed E-state index contributed by atoms with van der Waals surface area (Å²) in [5.74, 6) is 1.64. The molecule has 0 spiro atoms. The number of aromatic nitrogens is 6. The molecular formula is C11H12ClN7. The van der Waals surface area contributed by atoms with Gasteiger partial charge in [0.2, 0.25) is 5.28 Å². The summed E-state index contributed by atoms with van der Waals surface area (Å²) in [6.45, 7) is 4.18. The lowest BCUT2D eigenvalue weighted by atomic mass is 10.1. The molecule has 0 atom stereocenters. The summed E-state index contributed by atoms with van der Waals surface area (Å²) in [5.41, 5.74) is 1.63. The van der Waals surface area contributed by atoms with Crippen molar-refractivity contribution in [3.63, 3.8) is 0 Å². The monoisotopic (exact) mass is 277 g/mol. The van der Waals surface area contributed by atoms with Crippen LogP contribution in [0.1, 0.15) is 25.5 Å². The molecule has 0 aromatic carbocycles. The van der Waals surface area contributed by atoms with Crippen molar-refractivity contribution >= 4 is 34.3 Å². The predicted molar refractivity (Wildman–Crippen MR) is 72.7 cm³/mol. The fourth-order valence-electron chi connectivity index (χ4n) is 1.72. The van der Waals surface area contributed by atoms with Crippen molar-refractivity contribution in [2.75, 3.05) is 5.32 Å². The molecule has 7 nitrogen and oxygen atoms in total. The Hall–Kier alpha value is -2.15. The van der Waals surface area contributed by atoms with E-state index < -0.39 is 0 Å². The Bertz CT molecular complexity index is 715. The molecule has 3 rings (SSSR count). The zero-order valence-corrected chi connectivity index (χ0v) is 11.2. The number of fused-ring (bicyclic) bond motifs is 1. The van der Waals surface area contributed by atoms with Crippen LogP contribution in [0.4, 0.5) is 11.6 Å². The molecule has 0 aliphatic heterocycles. The topological polar surface area (TPSA) is 95.2 Å². The standard InChI is InChI=1S/C11H12ClN7/c1-5(2)7-3-8(18-17-7)14-9-6-4-13-19-10(6)16-11(12)15-9/h3-5H,1-2H3,(H3,13,14,15,16,17,18,19). The molecule has 3 heterocycles. The number of nitrogens with zero attached hydrogens (tertiary/aromatic N) is 4. The van der Waals surface area contributed by atoms with Crippen molar-refractivity contribution in [1.29, 1.82) is 0 Å². The highest BCUT2D eigenvalue weighted by Crippen LogP contribution is 2.24. The Morgan fingerprint density at radius 2 is 2.11 bits per heavy atom. The van der Waals surface area contributed by atoms with Gasteiger partial charge < -0.3 is 5.32 Å². The number of aromatic amines is 2. The number of rotatable bonds is 3. The number of H-pyrrole nitrogens is 2. The van der Waals surface area contributed by atoms with Crippen molar-refractivity contribution < 1.29 is 0 Å². The van der Waals surface area contributed by atoms with E-state index in [1.807, 2.05) is 6.07 Å². The van der Waals surface area contributed by atoms with Crippen molar-refractivity contribution in [2.24, 2.45) is 0 Å². The predicted octanol–water partition coefficient (Wildman–Crippen LogP) is 2.60. The third-order valence-corrected chi connectivity index (χ3v) is 2.92. The van der Waals surface area contributed by atoms with Crippen LogP contribution in [0, 0.1) is 0 Å². The quantitative estimate of drug-likeness (QED) is 0.640. The minimum absolute atomic E-state index is 0.152. The average Bonchev–Trinajstić information content (AvgIpc) is 2.96. The second-order valence-corrected chi connectivity index (χ2v) is 4.80. The van der Waals surface area contributed by atoms with Gasteiger partial charge >= 0.3 is 0 Å². The van der Waals surface area contributed by atoms with Gasteiger partial charge in [-0.2, -0.15) is 20.2 Å². The fraction of sp³-hybridized carbons (Fsp3) is 0.273. The molecule has 0 aliphatic carbocycles. The summed E-state index contributed by atoms with van der Waals surface area (Å²) in [4.78, 5) is 8.19. The minimum atomic E-state index is 0.152. The smallest absolute Gasteiger partial charge is 0.226 e. The van der Waals surface area contributed by atoms with Crippen LogP contribution in [0.2, 0.25) is 5.28 Å². The molecule has 8 heteroatoms. The SMILES string of the molecule is CC(C)c1cc(Nc2nc(Cl)nc3[nH]ncc23)n[nH]1. The van der Waals surface area contributed by atoms with Crippen molar-refractivity contribution in [3.8, 4) is 0 Å². The summed E-state index contributed by atoms with van der Waals surface area (Å²) < 4.78 is 0. The van der Waals surface area contributed by atoms with Crippen LogP contribution in [0.5, 0.6) is 0 Å². The van der Waals surface area contributed by atoms with E-state index >= 15 is 0 Å². The minimum Gasteiger partial charge on any atom is -0.323 e. The maximum atomic E-state index is 5.86. The second kappa shape index (κ2) is 4.51. The van der Waals surface area contributed by atoms with Crippen LogP contribution in [0.25, 0.3) is 11.0 Å². The lowest BCUT2D eigenvalue weighted by Crippen LogP contribution is -1.96. The van der Waals surface area contributed by atoms with Crippen molar-refractivity contribution in [3.05, 3.63) is 23.2 Å². The number of halogens is 1. The van der Waals surface area contributed by atoms with Gasteiger partial charge in [0.1, 0.15) is 5.82 Å². The van der Waals surface area contributed by atoms with Gasteiger partial charge in [0.05, 0.1) is 11.6 Å². The Kier molecular flexibility index (Phi) is 2.83. The number of anilines is 2. The molecule has 0 saturated heterocycles. The Morgan fingerprint density at radius 3 is 2.84 bits per heavy atom. The van der Waals surface area contributed by atoms with Gasteiger partial charge in [0, 0.05) is 11.8 Å². The van der Waals surface area contributed by atoms with Crippen LogP contribution in [-0.2, 0) is 0 Å². The van der Waals surface area contributed by atoms with Gasteiger partial charge in [-0.1, -0.05) is 13.8 Å². The van der Waals surface area contributed by atoms with Crippen molar-refractivity contribution in [2.45, 2.75) is 19.8 Å². The third kappa shape index (κ3) is 2.24. The molecule has 0 unspecified atom stereocenters. The summed E-state index contributed by atoms with van der Waals surface area (Å²) in [7, 11) is 0. The molecule has 0 amide bonds. The van der Waals surface area contributed by atoms with Gasteiger partial charge in [0.25, 0.3) is 0 Å². The summed E-state index contributed by atoms with van der Waals surface area (Å²) in [6, 6.07) is 1.94. The first kappa shape index (κ1) is 11.9. The van der Waals surface area contributed by atoms with E-state index in [-0.39, 0.29) is 5.28 Å². The van der Waals surface area contributed by atoms with Gasteiger partial charge in [-0.05, 0) is 17.5 Å². The lowest BCUT2D eigenvalue weighted by Gasteiger charge is -2.03. The van der Waals surface area contributed by atoms with Crippen LogP contribution in [0.15, 0.2) is 12.3 Å². The third-order valence-electron chi connectivity index (χ3n) is 2.75. The van der Waals surface area contributed by atoms with Crippen LogP contribution >= 0.6 is 11.6 Å². The Balaban J connectivity index is 1.97. The molecule has 0 radical (unpaired) electrons. The fourth-order valence-corrected chi connectivity index (χ4v) is 1.89. The first-order chi connectivity index (χ1) is 9.13. The Labute approximate surface area is 113 Å². The molecule has 3 N–H and O–H groups in total. The summed E-state index contributed by atoms with van der Waals surface area (Å²) in [5, 5.41) is 17.9.